The van der Waals surface area contributed by atoms with Gasteiger partial charge in [0.15, 0.2) is 0 Å². The summed E-state index contributed by atoms with van der Waals surface area (Å²) in [6, 6.07) is 8.94. The molecule has 1 aromatic rings. The van der Waals surface area contributed by atoms with Crippen LogP contribution in [0.2, 0.25) is 6.04 Å². The molecule has 0 saturated carbocycles. The monoisotopic (exact) mass is 272 g/mol. The minimum absolute atomic E-state index is 0.818. The molecule has 3 nitrogen and oxygen atoms in total. The van der Waals surface area contributed by atoms with Crippen molar-refractivity contribution in [3.8, 4) is 0 Å². The van der Waals surface area contributed by atoms with Crippen LogP contribution in [-0.2, 0) is 19.7 Å². The first-order valence-corrected chi connectivity index (χ1v) is 7.97. The summed E-state index contributed by atoms with van der Waals surface area (Å²) < 4.78 is 16.1. The maximum absolute atomic E-state index is 5.38. The van der Waals surface area contributed by atoms with Gasteiger partial charge in [-0.2, -0.15) is 0 Å². The molecule has 0 radical (unpaired) electrons. The molecule has 0 spiro atoms. The Hall–Kier alpha value is -0.333. The van der Waals surface area contributed by atoms with Gasteiger partial charge in [-0.3, -0.25) is 0 Å². The van der Waals surface area contributed by atoms with E-state index in [4.69, 9.17) is 13.3 Å². The SMILES string of the molecule is CO[Si](CCCc1ccccc1S)(OC)OC. The third kappa shape index (κ3) is 4.12. The molecule has 0 fully saturated rings. The molecule has 0 aliphatic carbocycles. The number of hydrogen-bond acceptors (Lipinski definition) is 4. The molecule has 0 atom stereocenters. The fraction of sp³-hybridized carbons (Fsp3) is 0.500. The molecule has 1 aromatic carbocycles. The lowest BCUT2D eigenvalue weighted by atomic mass is 10.1. The molecule has 0 aliphatic heterocycles. The highest BCUT2D eigenvalue weighted by Gasteiger charge is 2.36. The van der Waals surface area contributed by atoms with Gasteiger partial charge in [-0.1, -0.05) is 18.2 Å². The molecule has 0 aromatic heterocycles. The zero-order valence-electron chi connectivity index (χ0n) is 10.6. The molecule has 96 valence electrons. The summed E-state index contributed by atoms with van der Waals surface area (Å²) in [5, 5.41) is 0. The van der Waals surface area contributed by atoms with E-state index in [1.807, 2.05) is 18.2 Å². The van der Waals surface area contributed by atoms with Gasteiger partial charge in [0.25, 0.3) is 0 Å². The quantitative estimate of drug-likeness (QED) is 0.611. The normalized spacial score (nSPS) is 11.8. The molecule has 5 heteroatoms. The third-order valence-corrected chi connectivity index (χ3v) is 6.12. The van der Waals surface area contributed by atoms with Crippen molar-refractivity contribution in [3.05, 3.63) is 29.8 Å². The molecule has 17 heavy (non-hydrogen) atoms. The topological polar surface area (TPSA) is 27.7 Å². The molecule has 0 N–H and O–H groups in total. The average molecular weight is 272 g/mol. The Balaban J connectivity index is 2.49. The summed E-state index contributed by atoms with van der Waals surface area (Å²) in [6.07, 6.45) is 1.93. The van der Waals surface area contributed by atoms with Crippen LogP contribution in [0.4, 0.5) is 0 Å². The van der Waals surface area contributed by atoms with Crippen LogP contribution in [0.15, 0.2) is 29.2 Å². The van der Waals surface area contributed by atoms with Crippen molar-refractivity contribution in [2.24, 2.45) is 0 Å². The van der Waals surface area contributed by atoms with Crippen molar-refractivity contribution in [3.63, 3.8) is 0 Å². The van der Waals surface area contributed by atoms with Gasteiger partial charge in [0.2, 0.25) is 0 Å². The van der Waals surface area contributed by atoms with Crippen LogP contribution < -0.4 is 0 Å². The van der Waals surface area contributed by atoms with Crippen molar-refractivity contribution >= 4 is 21.4 Å². The molecule has 0 aliphatic rings. The minimum atomic E-state index is -2.41. The average Bonchev–Trinajstić information content (AvgIpc) is 2.37. The summed E-state index contributed by atoms with van der Waals surface area (Å²) in [4.78, 5) is 1.03. The maximum atomic E-state index is 5.38. The van der Waals surface area contributed by atoms with Gasteiger partial charge in [0.05, 0.1) is 0 Å². The highest BCUT2D eigenvalue weighted by Crippen LogP contribution is 2.20. The molecule has 1 rings (SSSR count). The van der Waals surface area contributed by atoms with Gasteiger partial charge in [0.1, 0.15) is 0 Å². The number of aryl methyl sites for hydroxylation is 1. The van der Waals surface area contributed by atoms with E-state index in [2.05, 4.69) is 18.7 Å². The highest BCUT2D eigenvalue weighted by molar-refractivity contribution is 7.80. The molecule has 0 saturated heterocycles. The van der Waals surface area contributed by atoms with Gasteiger partial charge < -0.3 is 13.3 Å². The Morgan fingerprint density at radius 2 is 1.65 bits per heavy atom. The lowest BCUT2D eigenvalue weighted by Gasteiger charge is -2.24. The predicted octanol–water partition coefficient (Wildman–Crippen LogP) is 2.79. The highest BCUT2D eigenvalue weighted by atomic mass is 32.1. The van der Waals surface area contributed by atoms with Gasteiger partial charge in [-0.15, -0.1) is 12.6 Å². The van der Waals surface area contributed by atoms with Crippen molar-refractivity contribution in [1.82, 2.24) is 0 Å². The lowest BCUT2D eigenvalue weighted by Crippen LogP contribution is -2.42. The Labute approximate surface area is 110 Å². The van der Waals surface area contributed by atoms with Crippen LogP contribution in [0.5, 0.6) is 0 Å². The summed E-state index contributed by atoms with van der Waals surface area (Å²) in [7, 11) is 2.52. The largest absolute Gasteiger partial charge is 0.500 e. The Kier molecular flexibility index (Phi) is 6.22. The number of hydrogen-bond donors (Lipinski definition) is 1. The van der Waals surface area contributed by atoms with Crippen molar-refractivity contribution in [2.75, 3.05) is 21.3 Å². The van der Waals surface area contributed by atoms with E-state index in [0.29, 0.717) is 0 Å². The molecule has 0 unspecified atom stereocenters. The Morgan fingerprint density at radius 3 is 2.18 bits per heavy atom. The van der Waals surface area contributed by atoms with Crippen LogP contribution in [0.1, 0.15) is 12.0 Å². The number of rotatable bonds is 7. The first kappa shape index (κ1) is 14.7. The molecular formula is C12H20O3SSi. The second-order valence-corrected chi connectivity index (χ2v) is 7.35. The molecular weight excluding hydrogens is 252 g/mol. The summed E-state index contributed by atoms with van der Waals surface area (Å²) in [5.74, 6) is 0. The van der Waals surface area contributed by atoms with Crippen LogP contribution in [0.25, 0.3) is 0 Å². The van der Waals surface area contributed by atoms with Gasteiger partial charge in [0, 0.05) is 32.3 Å². The van der Waals surface area contributed by atoms with E-state index < -0.39 is 8.80 Å². The van der Waals surface area contributed by atoms with Crippen LogP contribution in [-0.4, -0.2) is 30.1 Å². The smallest absolute Gasteiger partial charge is 0.377 e. The summed E-state index contributed by atoms with van der Waals surface area (Å²) in [5.41, 5.74) is 1.25. The van der Waals surface area contributed by atoms with Gasteiger partial charge in [-0.25, -0.2) is 0 Å². The van der Waals surface area contributed by atoms with E-state index in [-0.39, 0.29) is 0 Å². The molecule has 0 heterocycles. The lowest BCUT2D eigenvalue weighted by molar-refractivity contribution is 0.123. The predicted molar refractivity (Wildman–Crippen MR) is 73.6 cm³/mol. The first-order chi connectivity index (χ1) is 8.17. The van der Waals surface area contributed by atoms with Crippen molar-refractivity contribution in [2.45, 2.75) is 23.8 Å². The summed E-state index contributed by atoms with van der Waals surface area (Å²) in [6.45, 7) is 0. The van der Waals surface area contributed by atoms with Crippen LogP contribution in [0, 0.1) is 0 Å². The fourth-order valence-corrected chi connectivity index (χ4v) is 3.77. The van der Waals surface area contributed by atoms with Crippen molar-refractivity contribution in [1.29, 1.82) is 0 Å². The van der Waals surface area contributed by atoms with Crippen LogP contribution >= 0.6 is 12.6 Å². The second-order valence-electron chi connectivity index (χ2n) is 3.78. The maximum Gasteiger partial charge on any atom is 0.500 e. The molecule has 0 amide bonds. The van der Waals surface area contributed by atoms with E-state index >= 15 is 0 Å². The van der Waals surface area contributed by atoms with Gasteiger partial charge >= 0.3 is 8.80 Å². The fourth-order valence-electron chi connectivity index (χ4n) is 1.77. The minimum Gasteiger partial charge on any atom is -0.377 e. The van der Waals surface area contributed by atoms with Gasteiger partial charge in [-0.05, 0) is 24.5 Å². The zero-order valence-corrected chi connectivity index (χ0v) is 12.5. The Bertz CT molecular complexity index is 334. The van der Waals surface area contributed by atoms with E-state index in [1.165, 1.54) is 5.56 Å². The Morgan fingerprint density at radius 1 is 1.06 bits per heavy atom. The standard InChI is InChI=1S/C12H20O3SSi/c1-13-17(14-2,15-3)10-6-8-11-7-4-5-9-12(11)16/h4-5,7,9,16H,6,8,10H2,1-3H3. The second kappa shape index (κ2) is 7.18. The van der Waals surface area contributed by atoms with E-state index in [0.717, 1.165) is 23.8 Å². The zero-order chi connectivity index (χ0) is 12.7. The molecule has 0 bridgehead atoms. The third-order valence-electron chi connectivity index (χ3n) is 2.85. The number of thiol groups is 1. The van der Waals surface area contributed by atoms with Crippen molar-refractivity contribution < 1.29 is 13.3 Å². The van der Waals surface area contributed by atoms with E-state index in [1.54, 1.807) is 21.3 Å². The first-order valence-electron chi connectivity index (χ1n) is 5.60. The van der Waals surface area contributed by atoms with Crippen LogP contribution in [0.3, 0.4) is 0 Å². The number of benzene rings is 1. The van der Waals surface area contributed by atoms with E-state index in [9.17, 15) is 0 Å². The summed E-state index contributed by atoms with van der Waals surface area (Å²) >= 11 is 4.43.